The maximum atomic E-state index is 5.88. The molecule has 0 atom stereocenters. The summed E-state index contributed by atoms with van der Waals surface area (Å²) in [5.41, 5.74) is 6.73. The van der Waals surface area contributed by atoms with Gasteiger partial charge in [0.2, 0.25) is 5.95 Å². The van der Waals surface area contributed by atoms with Crippen molar-refractivity contribution in [3.05, 3.63) is 40.7 Å². The molecule has 1 aliphatic carbocycles. The van der Waals surface area contributed by atoms with Crippen LogP contribution in [-0.4, -0.2) is 15.2 Å². The number of nitrogens with zero attached hydrogens (tertiary/aromatic N) is 2. The molecule has 1 heterocycles. The quantitative estimate of drug-likeness (QED) is 0.837. The minimum absolute atomic E-state index is 0.0186. The SMILES string of the molecule is Nc1n[nH]c(C2(c3ccc(Cl)cc3)CC2)n1. The normalized spacial score (nSPS) is 17.3. The lowest BCUT2D eigenvalue weighted by molar-refractivity contribution is 0.761. The van der Waals surface area contributed by atoms with Gasteiger partial charge in [-0.05, 0) is 30.5 Å². The van der Waals surface area contributed by atoms with Crippen molar-refractivity contribution in [1.82, 2.24) is 15.2 Å². The van der Waals surface area contributed by atoms with Crippen LogP contribution >= 0.6 is 11.6 Å². The van der Waals surface area contributed by atoms with E-state index in [1.165, 1.54) is 5.56 Å². The zero-order chi connectivity index (χ0) is 11.2. The molecule has 0 bridgehead atoms. The van der Waals surface area contributed by atoms with E-state index in [2.05, 4.69) is 15.2 Å². The Morgan fingerprint density at radius 3 is 2.44 bits per heavy atom. The molecule has 0 unspecified atom stereocenters. The molecule has 1 aromatic carbocycles. The number of aromatic amines is 1. The number of aromatic nitrogens is 3. The predicted molar refractivity (Wildman–Crippen MR) is 62.3 cm³/mol. The third kappa shape index (κ3) is 1.38. The van der Waals surface area contributed by atoms with Gasteiger partial charge in [-0.25, -0.2) is 0 Å². The van der Waals surface area contributed by atoms with Crippen LogP contribution in [0.3, 0.4) is 0 Å². The second kappa shape index (κ2) is 3.22. The van der Waals surface area contributed by atoms with Gasteiger partial charge in [0, 0.05) is 5.02 Å². The largest absolute Gasteiger partial charge is 0.367 e. The molecule has 0 radical (unpaired) electrons. The molecule has 3 N–H and O–H groups in total. The summed E-state index contributed by atoms with van der Waals surface area (Å²) in [6, 6.07) is 7.87. The van der Waals surface area contributed by atoms with Gasteiger partial charge in [0.15, 0.2) is 0 Å². The van der Waals surface area contributed by atoms with Crippen LogP contribution in [0.25, 0.3) is 0 Å². The van der Waals surface area contributed by atoms with Crippen LogP contribution in [0.15, 0.2) is 24.3 Å². The Morgan fingerprint density at radius 1 is 1.25 bits per heavy atom. The predicted octanol–water partition coefficient (Wildman–Crippen LogP) is 2.12. The van der Waals surface area contributed by atoms with Crippen LogP contribution < -0.4 is 5.73 Å². The number of halogens is 1. The first kappa shape index (κ1) is 9.66. The molecule has 16 heavy (non-hydrogen) atoms. The van der Waals surface area contributed by atoms with Crippen LogP contribution in [0, 0.1) is 0 Å². The first-order valence-corrected chi connectivity index (χ1v) is 5.53. The molecule has 1 saturated carbocycles. The Bertz CT molecular complexity index is 513. The lowest BCUT2D eigenvalue weighted by atomic mass is 9.95. The van der Waals surface area contributed by atoms with E-state index in [1.54, 1.807) is 0 Å². The summed E-state index contributed by atoms with van der Waals surface area (Å²) in [5, 5.41) is 7.53. The van der Waals surface area contributed by atoms with E-state index in [4.69, 9.17) is 17.3 Å². The highest BCUT2D eigenvalue weighted by atomic mass is 35.5. The molecule has 1 aromatic heterocycles. The summed E-state index contributed by atoms with van der Waals surface area (Å²) < 4.78 is 0. The number of benzene rings is 1. The van der Waals surface area contributed by atoms with Crippen LogP contribution in [0.2, 0.25) is 5.02 Å². The lowest BCUT2D eigenvalue weighted by Gasteiger charge is -2.11. The van der Waals surface area contributed by atoms with E-state index in [1.807, 2.05) is 24.3 Å². The average Bonchev–Trinajstić information content (AvgIpc) is 2.97. The summed E-state index contributed by atoms with van der Waals surface area (Å²) in [6.45, 7) is 0. The highest BCUT2D eigenvalue weighted by Gasteiger charge is 2.48. The highest BCUT2D eigenvalue weighted by molar-refractivity contribution is 6.30. The lowest BCUT2D eigenvalue weighted by Crippen LogP contribution is -2.10. The molecule has 0 spiro atoms. The molecule has 0 amide bonds. The third-order valence-corrected chi connectivity index (χ3v) is 3.35. The Kier molecular flexibility index (Phi) is 1.94. The van der Waals surface area contributed by atoms with Gasteiger partial charge in [0.25, 0.3) is 0 Å². The molecule has 3 rings (SSSR count). The minimum Gasteiger partial charge on any atom is -0.367 e. The molecular weight excluding hydrogens is 224 g/mol. The zero-order valence-corrected chi connectivity index (χ0v) is 9.33. The summed E-state index contributed by atoms with van der Waals surface area (Å²) in [5.74, 6) is 1.16. The van der Waals surface area contributed by atoms with Crippen molar-refractivity contribution < 1.29 is 0 Å². The molecule has 0 aliphatic heterocycles. The standard InChI is InChI=1S/C11H11ClN4/c12-8-3-1-7(2-4-8)11(5-6-11)9-14-10(13)16-15-9/h1-4H,5-6H2,(H3,13,14,15,16). The van der Waals surface area contributed by atoms with Crippen LogP contribution in [0.4, 0.5) is 5.95 Å². The van der Waals surface area contributed by atoms with Crippen molar-refractivity contribution in [2.75, 3.05) is 5.73 Å². The smallest absolute Gasteiger partial charge is 0.239 e. The topological polar surface area (TPSA) is 67.6 Å². The average molecular weight is 235 g/mol. The van der Waals surface area contributed by atoms with Gasteiger partial charge in [0.05, 0.1) is 5.41 Å². The van der Waals surface area contributed by atoms with Crippen LogP contribution in [-0.2, 0) is 5.41 Å². The fraction of sp³-hybridized carbons (Fsp3) is 0.273. The van der Waals surface area contributed by atoms with Crippen molar-refractivity contribution >= 4 is 17.5 Å². The minimum atomic E-state index is -0.0186. The molecular formula is C11H11ClN4. The molecule has 1 fully saturated rings. The summed E-state index contributed by atoms with van der Waals surface area (Å²) >= 11 is 5.88. The number of hydrogen-bond acceptors (Lipinski definition) is 3. The number of nitrogen functional groups attached to an aromatic ring is 1. The van der Waals surface area contributed by atoms with E-state index in [-0.39, 0.29) is 5.41 Å². The van der Waals surface area contributed by atoms with Gasteiger partial charge in [-0.2, -0.15) is 4.98 Å². The Balaban J connectivity index is 2.03. The summed E-state index contributed by atoms with van der Waals surface area (Å²) in [4.78, 5) is 4.22. The van der Waals surface area contributed by atoms with Gasteiger partial charge in [-0.3, -0.25) is 5.10 Å². The number of H-pyrrole nitrogens is 1. The van der Waals surface area contributed by atoms with Gasteiger partial charge in [-0.15, -0.1) is 5.10 Å². The second-order valence-electron chi connectivity index (χ2n) is 4.13. The fourth-order valence-electron chi connectivity index (χ4n) is 2.04. The van der Waals surface area contributed by atoms with Crippen molar-refractivity contribution in [3.8, 4) is 0 Å². The van der Waals surface area contributed by atoms with Gasteiger partial charge < -0.3 is 5.73 Å². The van der Waals surface area contributed by atoms with Gasteiger partial charge in [-0.1, -0.05) is 23.7 Å². The Hall–Kier alpha value is -1.55. The molecule has 2 aromatic rings. The highest BCUT2D eigenvalue weighted by Crippen LogP contribution is 2.52. The molecule has 4 nitrogen and oxygen atoms in total. The molecule has 0 saturated heterocycles. The number of nitrogens with two attached hydrogens (primary N) is 1. The Labute approximate surface area is 97.8 Å². The fourth-order valence-corrected chi connectivity index (χ4v) is 2.17. The van der Waals surface area contributed by atoms with E-state index in [0.717, 1.165) is 23.7 Å². The molecule has 1 aliphatic rings. The van der Waals surface area contributed by atoms with Crippen LogP contribution in [0.1, 0.15) is 24.2 Å². The maximum Gasteiger partial charge on any atom is 0.239 e. The monoisotopic (exact) mass is 234 g/mol. The number of nitrogens with one attached hydrogen (secondary N) is 1. The number of rotatable bonds is 2. The first-order valence-electron chi connectivity index (χ1n) is 5.15. The van der Waals surface area contributed by atoms with E-state index in [9.17, 15) is 0 Å². The van der Waals surface area contributed by atoms with E-state index >= 15 is 0 Å². The first-order chi connectivity index (χ1) is 7.71. The second-order valence-corrected chi connectivity index (χ2v) is 4.57. The molecule has 82 valence electrons. The van der Waals surface area contributed by atoms with E-state index < -0.39 is 0 Å². The molecule has 5 heteroatoms. The summed E-state index contributed by atoms with van der Waals surface area (Å²) in [6.07, 6.45) is 2.15. The van der Waals surface area contributed by atoms with Crippen molar-refractivity contribution in [2.24, 2.45) is 0 Å². The number of anilines is 1. The Morgan fingerprint density at radius 2 is 1.94 bits per heavy atom. The summed E-state index contributed by atoms with van der Waals surface area (Å²) in [7, 11) is 0. The van der Waals surface area contributed by atoms with Crippen molar-refractivity contribution in [1.29, 1.82) is 0 Å². The van der Waals surface area contributed by atoms with Gasteiger partial charge >= 0.3 is 0 Å². The number of hydrogen-bond donors (Lipinski definition) is 2. The zero-order valence-electron chi connectivity index (χ0n) is 8.57. The maximum absolute atomic E-state index is 5.88. The van der Waals surface area contributed by atoms with Crippen LogP contribution in [0.5, 0.6) is 0 Å². The third-order valence-electron chi connectivity index (χ3n) is 3.10. The van der Waals surface area contributed by atoms with Gasteiger partial charge in [0.1, 0.15) is 5.82 Å². The van der Waals surface area contributed by atoms with Crippen molar-refractivity contribution in [3.63, 3.8) is 0 Å². The van der Waals surface area contributed by atoms with Crippen molar-refractivity contribution in [2.45, 2.75) is 18.3 Å². The van der Waals surface area contributed by atoms with E-state index in [0.29, 0.717) is 5.95 Å².